The van der Waals surface area contributed by atoms with Gasteiger partial charge in [0.1, 0.15) is 0 Å². The number of rotatable bonds is 5. The zero-order chi connectivity index (χ0) is 18.1. The summed E-state index contributed by atoms with van der Waals surface area (Å²) in [5.41, 5.74) is 0.590. The topological polar surface area (TPSA) is 63.7 Å². The lowest BCUT2D eigenvalue weighted by atomic mass is 9.63. The van der Waals surface area contributed by atoms with Crippen LogP contribution in [-0.4, -0.2) is 45.2 Å². The Labute approximate surface area is 154 Å². The summed E-state index contributed by atoms with van der Waals surface area (Å²) >= 11 is 5.98. The van der Waals surface area contributed by atoms with Gasteiger partial charge in [-0.1, -0.05) is 30.2 Å². The largest absolute Gasteiger partial charge is 0.342 e. The number of carbonyl (C=O) groups is 1. The Bertz CT molecular complexity index is 728. The van der Waals surface area contributed by atoms with Gasteiger partial charge in [0.15, 0.2) is 0 Å². The summed E-state index contributed by atoms with van der Waals surface area (Å²) < 4.78 is 27.3. The minimum atomic E-state index is -3.45. The molecule has 25 heavy (non-hydrogen) atoms. The second-order valence-corrected chi connectivity index (χ2v) is 9.27. The molecule has 2 aliphatic rings. The molecule has 1 amide bonds. The number of hydrogen-bond donors (Lipinski definition) is 0. The van der Waals surface area contributed by atoms with Crippen LogP contribution in [0.5, 0.6) is 0 Å². The normalized spacial score (nSPS) is 23.1. The Morgan fingerprint density at radius 3 is 2.52 bits per heavy atom. The van der Waals surface area contributed by atoms with Crippen molar-refractivity contribution in [2.24, 2.45) is 5.92 Å². The van der Waals surface area contributed by atoms with Crippen molar-refractivity contribution in [2.45, 2.75) is 37.5 Å². The first-order valence-corrected chi connectivity index (χ1v) is 10.9. The lowest BCUT2D eigenvalue weighted by molar-refractivity contribution is -0.143. The van der Waals surface area contributed by atoms with Gasteiger partial charge < -0.3 is 4.90 Å². The smallest absolute Gasteiger partial charge is 0.264 e. The summed E-state index contributed by atoms with van der Waals surface area (Å²) in [6.07, 6.45) is 5.57. The van der Waals surface area contributed by atoms with E-state index in [1.54, 1.807) is 0 Å². The predicted octanol–water partition coefficient (Wildman–Crippen LogP) is 2.98. The van der Waals surface area contributed by atoms with E-state index in [-0.39, 0.29) is 18.4 Å². The molecule has 0 aromatic heterocycles. The van der Waals surface area contributed by atoms with E-state index in [4.69, 9.17) is 15.8 Å². The van der Waals surface area contributed by atoms with Crippen LogP contribution in [0.15, 0.2) is 24.3 Å². The zero-order valence-corrected chi connectivity index (χ0v) is 16.0. The molecule has 1 aromatic rings. The van der Waals surface area contributed by atoms with Crippen molar-refractivity contribution >= 4 is 27.6 Å². The number of amides is 1. The monoisotopic (exact) mass is 385 g/mol. The first-order valence-electron chi connectivity index (χ1n) is 8.70. The summed E-state index contributed by atoms with van der Waals surface area (Å²) in [6.45, 7) is 1.43. The molecule has 0 N–H and O–H groups in total. The van der Waals surface area contributed by atoms with Crippen molar-refractivity contribution in [1.29, 1.82) is 0 Å². The van der Waals surface area contributed by atoms with Gasteiger partial charge in [0.2, 0.25) is 5.91 Å². The lowest BCUT2D eigenvalue weighted by Gasteiger charge is -2.46. The summed E-state index contributed by atoms with van der Waals surface area (Å²) in [4.78, 5) is 15.2. The Hall–Kier alpha value is -1.11. The molecule has 0 bridgehead atoms. The summed E-state index contributed by atoms with van der Waals surface area (Å²) in [5, 5.41) is 0.668. The number of nitrogens with zero attached hydrogens (tertiary/aromatic N) is 1. The van der Waals surface area contributed by atoms with Crippen molar-refractivity contribution in [3.05, 3.63) is 34.9 Å². The van der Waals surface area contributed by atoms with E-state index in [0.717, 1.165) is 50.5 Å². The van der Waals surface area contributed by atoms with Gasteiger partial charge in [-0.3, -0.25) is 8.98 Å². The average molecular weight is 386 g/mol. The highest BCUT2D eigenvalue weighted by Crippen LogP contribution is 2.46. The molecule has 5 nitrogen and oxygen atoms in total. The minimum Gasteiger partial charge on any atom is -0.342 e. The van der Waals surface area contributed by atoms with E-state index in [0.29, 0.717) is 11.6 Å². The van der Waals surface area contributed by atoms with Crippen molar-refractivity contribution in [3.63, 3.8) is 0 Å². The number of halogens is 1. The quantitative estimate of drug-likeness (QED) is 0.731. The zero-order valence-electron chi connectivity index (χ0n) is 14.4. The molecule has 3 rings (SSSR count). The Balaban J connectivity index is 1.71. The molecule has 1 aliphatic heterocycles. The van der Waals surface area contributed by atoms with E-state index in [1.807, 2.05) is 29.2 Å². The fraction of sp³-hybridized carbons (Fsp3) is 0.611. The van der Waals surface area contributed by atoms with Gasteiger partial charge in [-0.05, 0) is 43.4 Å². The van der Waals surface area contributed by atoms with Gasteiger partial charge >= 0.3 is 0 Å². The van der Waals surface area contributed by atoms with Crippen LogP contribution in [0.3, 0.4) is 0 Å². The third-order valence-corrected chi connectivity index (χ3v) is 6.15. The van der Waals surface area contributed by atoms with E-state index in [1.165, 1.54) is 0 Å². The van der Waals surface area contributed by atoms with Crippen molar-refractivity contribution in [2.75, 3.05) is 26.0 Å². The first kappa shape index (κ1) is 18.7. The highest BCUT2D eigenvalue weighted by Gasteiger charge is 2.48. The van der Waals surface area contributed by atoms with Crippen molar-refractivity contribution in [1.82, 2.24) is 4.90 Å². The Kier molecular flexibility index (Phi) is 5.42. The van der Waals surface area contributed by atoms with Crippen LogP contribution in [-0.2, 0) is 24.5 Å². The summed E-state index contributed by atoms with van der Waals surface area (Å²) in [6, 6.07) is 7.58. The Morgan fingerprint density at radius 2 is 1.96 bits per heavy atom. The van der Waals surface area contributed by atoms with Crippen molar-refractivity contribution in [3.8, 4) is 0 Å². The van der Waals surface area contributed by atoms with E-state index in [9.17, 15) is 13.2 Å². The molecule has 1 atom stereocenters. The molecular formula is C18H24ClNO4S. The van der Waals surface area contributed by atoms with Crippen molar-refractivity contribution < 1.29 is 17.4 Å². The molecule has 0 spiro atoms. The van der Waals surface area contributed by atoms with E-state index in [2.05, 4.69) is 0 Å². The van der Waals surface area contributed by atoms with E-state index >= 15 is 0 Å². The fourth-order valence-corrected chi connectivity index (χ4v) is 4.40. The van der Waals surface area contributed by atoms with Crippen LogP contribution in [0.1, 0.15) is 37.7 Å². The molecule has 1 aliphatic carbocycles. The molecule has 1 heterocycles. The number of piperidine rings is 1. The van der Waals surface area contributed by atoms with Crippen LogP contribution < -0.4 is 0 Å². The standard InChI is InChI=1S/C18H24ClNO4S/c1-25(22,23)24-13-14-4-2-11-20(12-14)17(21)18(9-3-10-18)15-5-7-16(19)8-6-15/h5-8,14H,2-4,9-13H2,1H3/t14-/m1/s1. The summed E-state index contributed by atoms with van der Waals surface area (Å²) in [7, 11) is -3.45. The van der Waals surface area contributed by atoms with Crippen LogP contribution in [0.25, 0.3) is 0 Å². The van der Waals surface area contributed by atoms with Crippen LogP contribution in [0.2, 0.25) is 5.02 Å². The van der Waals surface area contributed by atoms with Gasteiger partial charge in [-0.15, -0.1) is 0 Å². The molecule has 1 aromatic carbocycles. The molecule has 7 heteroatoms. The van der Waals surface area contributed by atoms with Crippen LogP contribution in [0, 0.1) is 5.92 Å². The highest BCUT2D eigenvalue weighted by atomic mass is 35.5. The third kappa shape index (κ3) is 4.18. The first-order chi connectivity index (χ1) is 11.8. The van der Waals surface area contributed by atoms with E-state index < -0.39 is 15.5 Å². The maximum Gasteiger partial charge on any atom is 0.264 e. The van der Waals surface area contributed by atoms with Gasteiger partial charge in [0.05, 0.1) is 18.3 Å². The predicted molar refractivity (Wildman–Crippen MR) is 97.1 cm³/mol. The maximum absolute atomic E-state index is 13.3. The molecular weight excluding hydrogens is 362 g/mol. The fourth-order valence-electron chi connectivity index (χ4n) is 3.83. The molecule has 0 unspecified atom stereocenters. The molecule has 1 saturated carbocycles. The number of carbonyl (C=O) groups excluding carboxylic acids is 1. The lowest BCUT2D eigenvalue weighted by Crippen LogP contribution is -2.54. The highest BCUT2D eigenvalue weighted by molar-refractivity contribution is 7.85. The SMILES string of the molecule is CS(=O)(=O)OC[C@@H]1CCCN(C(=O)C2(c3ccc(Cl)cc3)CCC2)C1. The van der Waals surface area contributed by atoms with Gasteiger partial charge in [-0.2, -0.15) is 8.42 Å². The second-order valence-electron chi connectivity index (χ2n) is 7.19. The molecule has 2 fully saturated rings. The number of benzene rings is 1. The van der Waals surface area contributed by atoms with Gasteiger partial charge in [0.25, 0.3) is 10.1 Å². The van der Waals surface area contributed by atoms with Crippen LogP contribution >= 0.6 is 11.6 Å². The van der Waals surface area contributed by atoms with Gasteiger partial charge in [0, 0.05) is 24.0 Å². The Morgan fingerprint density at radius 1 is 1.28 bits per heavy atom. The third-order valence-electron chi connectivity index (χ3n) is 5.34. The average Bonchev–Trinajstić information content (AvgIpc) is 2.53. The number of likely N-dealkylation sites (tertiary alicyclic amines) is 1. The minimum absolute atomic E-state index is 0.0646. The maximum atomic E-state index is 13.3. The molecule has 1 saturated heterocycles. The van der Waals surface area contributed by atoms with Crippen LogP contribution in [0.4, 0.5) is 0 Å². The number of hydrogen-bond acceptors (Lipinski definition) is 4. The van der Waals surface area contributed by atoms with Gasteiger partial charge in [-0.25, -0.2) is 0 Å². The second kappa shape index (κ2) is 7.25. The molecule has 0 radical (unpaired) electrons. The summed E-state index contributed by atoms with van der Waals surface area (Å²) in [5.74, 6) is 0.222. The molecule has 138 valence electrons.